The molecule has 0 bridgehead atoms. The lowest BCUT2D eigenvalue weighted by atomic mass is 10.5. The molecule has 6 heteroatoms. The number of rotatable bonds is 4. The number of anilines is 2. The van der Waals surface area contributed by atoms with Gasteiger partial charge in [-0.15, -0.1) is 0 Å². The van der Waals surface area contributed by atoms with E-state index >= 15 is 0 Å². The van der Waals surface area contributed by atoms with Crippen LogP contribution in [0.5, 0.6) is 0 Å². The summed E-state index contributed by atoms with van der Waals surface area (Å²) in [4.78, 5) is 20.7. The summed E-state index contributed by atoms with van der Waals surface area (Å²) in [6.45, 7) is 0.0976. The Bertz CT molecular complexity index is 341. The maximum absolute atomic E-state index is 10.9. The molecule has 0 aliphatic heterocycles. The van der Waals surface area contributed by atoms with Crippen LogP contribution in [-0.4, -0.2) is 43.7 Å². The van der Waals surface area contributed by atoms with Crippen molar-refractivity contribution in [2.45, 2.75) is 0 Å². The molecule has 0 unspecified atom stereocenters. The molecular weight excluding hydrogens is 196 g/mol. The fraction of sp³-hybridized carbons (Fsp3) is 0.444. The van der Waals surface area contributed by atoms with E-state index in [0.717, 1.165) is 5.82 Å². The topological polar surface area (TPSA) is 67.3 Å². The Morgan fingerprint density at radius 1 is 1.53 bits per heavy atom. The Morgan fingerprint density at radius 3 is 2.87 bits per heavy atom. The highest BCUT2D eigenvalue weighted by Crippen LogP contribution is 2.10. The van der Waals surface area contributed by atoms with Crippen molar-refractivity contribution in [3.05, 3.63) is 12.4 Å². The maximum Gasteiger partial charge on any atom is 0.325 e. The van der Waals surface area contributed by atoms with E-state index in [-0.39, 0.29) is 12.5 Å². The van der Waals surface area contributed by atoms with Crippen LogP contribution in [0.4, 0.5) is 11.6 Å². The highest BCUT2D eigenvalue weighted by molar-refractivity contribution is 5.74. The molecule has 0 aliphatic rings. The fourth-order valence-electron chi connectivity index (χ4n) is 0.923. The van der Waals surface area contributed by atoms with Crippen LogP contribution in [0.2, 0.25) is 0 Å². The number of ether oxygens (including phenoxy) is 1. The van der Waals surface area contributed by atoms with Crippen LogP contribution in [0.1, 0.15) is 0 Å². The van der Waals surface area contributed by atoms with E-state index in [1.807, 2.05) is 19.0 Å². The number of carbonyl (C=O) groups excluding carboxylic acids is 1. The van der Waals surface area contributed by atoms with Gasteiger partial charge in [-0.3, -0.25) is 4.79 Å². The van der Waals surface area contributed by atoms with Gasteiger partial charge >= 0.3 is 5.97 Å². The number of hydrogen-bond donors (Lipinski definition) is 1. The smallest absolute Gasteiger partial charge is 0.325 e. The highest BCUT2D eigenvalue weighted by Gasteiger charge is 2.02. The monoisotopic (exact) mass is 210 g/mol. The van der Waals surface area contributed by atoms with Crippen molar-refractivity contribution in [2.75, 3.05) is 38.0 Å². The molecule has 0 amide bonds. The molecule has 6 nitrogen and oxygen atoms in total. The predicted molar refractivity (Wildman–Crippen MR) is 56.9 cm³/mol. The molecule has 1 aromatic heterocycles. The minimum absolute atomic E-state index is 0.0976. The second-order valence-electron chi connectivity index (χ2n) is 3.09. The van der Waals surface area contributed by atoms with Crippen LogP contribution >= 0.6 is 0 Å². The summed E-state index contributed by atoms with van der Waals surface area (Å²) in [5.41, 5.74) is 0. The molecule has 0 aliphatic carbocycles. The van der Waals surface area contributed by atoms with Crippen LogP contribution in [-0.2, 0) is 9.53 Å². The third kappa shape index (κ3) is 3.41. The van der Waals surface area contributed by atoms with Gasteiger partial charge in [0.05, 0.1) is 7.11 Å². The second-order valence-corrected chi connectivity index (χ2v) is 3.09. The van der Waals surface area contributed by atoms with Gasteiger partial charge < -0.3 is 15.0 Å². The Hall–Kier alpha value is -1.85. The van der Waals surface area contributed by atoms with Gasteiger partial charge in [0.15, 0.2) is 0 Å². The molecule has 1 heterocycles. The van der Waals surface area contributed by atoms with Crippen molar-refractivity contribution in [1.82, 2.24) is 9.97 Å². The number of nitrogens with one attached hydrogen (secondary N) is 1. The van der Waals surface area contributed by atoms with Crippen molar-refractivity contribution in [2.24, 2.45) is 0 Å². The molecule has 0 aromatic carbocycles. The van der Waals surface area contributed by atoms with Crippen LogP contribution in [0.15, 0.2) is 12.4 Å². The van der Waals surface area contributed by atoms with Gasteiger partial charge in [-0.05, 0) is 0 Å². The number of carbonyl (C=O) groups is 1. The Balaban J connectivity index is 2.61. The van der Waals surface area contributed by atoms with Crippen molar-refractivity contribution in [3.8, 4) is 0 Å². The van der Waals surface area contributed by atoms with E-state index in [1.54, 1.807) is 6.07 Å². The average molecular weight is 210 g/mol. The van der Waals surface area contributed by atoms with E-state index in [9.17, 15) is 4.79 Å². The highest BCUT2D eigenvalue weighted by atomic mass is 16.5. The number of esters is 1. The molecule has 0 saturated carbocycles. The lowest BCUT2D eigenvalue weighted by Gasteiger charge is -2.11. The van der Waals surface area contributed by atoms with Crippen LogP contribution in [0, 0.1) is 0 Å². The largest absolute Gasteiger partial charge is 0.468 e. The molecule has 1 N–H and O–H groups in total. The Morgan fingerprint density at radius 2 is 2.27 bits per heavy atom. The van der Waals surface area contributed by atoms with E-state index < -0.39 is 0 Å². The summed E-state index contributed by atoms with van der Waals surface area (Å²) in [5, 5.41) is 2.84. The van der Waals surface area contributed by atoms with Gasteiger partial charge in [0.25, 0.3) is 0 Å². The number of hydrogen-bond acceptors (Lipinski definition) is 6. The molecule has 82 valence electrons. The van der Waals surface area contributed by atoms with E-state index in [4.69, 9.17) is 0 Å². The van der Waals surface area contributed by atoms with Crippen molar-refractivity contribution < 1.29 is 9.53 Å². The standard InChI is InChI=1S/C9H14N4O2/c1-13(2)8-4-7(11-6-12-8)10-5-9(14)15-3/h4,6H,5H2,1-3H3,(H,10,11,12). The molecule has 0 saturated heterocycles. The molecule has 0 fully saturated rings. The minimum Gasteiger partial charge on any atom is -0.468 e. The summed E-state index contributed by atoms with van der Waals surface area (Å²) in [6.07, 6.45) is 1.44. The van der Waals surface area contributed by atoms with Gasteiger partial charge in [0, 0.05) is 20.2 Å². The van der Waals surface area contributed by atoms with Crippen LogP contribution in [0.3, 0.4) is 0 Å². The first-order chi connectivity index (χ1) is 7.13. The van der Waals surface area contributed by atoms with Gasteiger partial charge in [0.1, 0.15) is 24.5 Å². The predicted octanol–water partition coefficient (Wildman–Crippen LogP) is 0.127. The van der Waals surface area contributed by atoms with Gasteiger partial charge in [-0.25, -0.2) is 9.97 Å². The van der Waals surface area contributed by atoms with Gasteiger partial charge in [-0.1, -0.05) is 0 Å². The molecule has 0 radical (unpaired) electrons. The fourth-order valence-corrected chi connectivity index (χ4v) is 0.923. The van der Waals surface area contributed by atoms with Crippen molar-refractivity contribution in [1.29, 1.82) is 0 Å². The van der Waals surface area contributed by atoms with E-state index in [2.05, 4.69) is 20.0 Å². The zero-order chi connectivity index (χ0) is 11.3. The molecule has 0 spiro atoms. The number of nitrogens with zero attached hydrogens (tertiary/aromatic N) is 3. The first kappa shape index (κ1) is 11.2. The molecule has 1 aromatic rings. The SMILES string of the molecule is COC(=O)CNc1cc(N(C)C)ncn1. The third-order valence-electron chi connectivity index (χ3n) is 1.75. The van der Waals surface area contributed by atoms with Crippen molar-refractivity contribution in [3.63, 3.8) is 0 Å². The van der Waals surface area contributed by atoms with E-state index in [0.29, 0.717) is 5.82 Å². The maximum atomic E-state index is 10.9. The summed E-state index contributed by atoms with van der Waals surface area (Å²) in [5.74, 6) is 1.04. The molecule has 1 rings (SSSR count). The average Bonchev–Trinajstić information content (AvgIpc) is 2.26. The number of aromatic nitrogens is 2. The lowest BCUT2D eigenvalue weighted by molar-refractivity contribution is -0.138. The lowest BCUT2D eigenvalue weighted by Crippen LogP contribution is -2.17. The number of methoxy groups -OCH3 is 1. The zero-order valence-electron chi connectivity index (χ0n) is 9.02. The minimum atomic E-state index is -0.333. The Kier molecular flexibility index (Phi) is 3.84. The quantitative estimate of drug-likeness (QED) is 0.712. The first-order valence-electron chi connectivity index (χ1n) is 4.43. The first-order valence-corrected chi connectivity index (χ1v) is 4.43. The van der Waals surface area contributed by atoms with E-state index in [1.165, 1.54) is 13.4 Å². The van der Waals surface area contributed by atoms with Crippen LogP contribution in [0.25, 0.3) is 0 Å². The Labute approximate surface area is 88.3 Å². The van der Waals surface area contributed by atoms with Gasteiger partial charge in [-0.2, -0.15) is 0 Å². The zero-order valence-corrected chi connectivity index (χ0v) is 9.02. The van der Waals surface area contributed by atoms with Crippen LogP contribution < -0.4 is 10.2 Å². The summed E-state index contributed by atoms with van der Waals surface area (Å²) in [7, 11) is 5.11. The van der Waals surface area contributed by atoms with Crippen molar-refractivity contribution >= 4 is 17.6 Å². The summed E-state index contributed by atoms with van der Waals surface area (Å²) >= 11 is 0. The summed E-state index contributed by atoms with van der Waals surface area (Å²) in [6, 6.07) is 1.75. The second kappa shape index (κ2) is 5.14. The summed E-state index contributed by atoms with van der Waals surface area (Å²) < 4.78 is 4.49. The van der Waals surface area contributed by atoms with Gasteiger partial charge in [0.2, 0.25) is 0 Å². The normalized spacial score (nSPS) is 9.53. The molecular formula is C9H14N4O2. The molecule has 0 atom stereocenters. The third-order valence-corrected chi connectivity index (χ3v) is 1.75. The molecule has 15 heavy (non-hydrogen) atoms.